The number of hydrogen-bond acceptors (Lipinski definition) is 3. The number of benzene rings is 3. The second-order valence-corrected chi connectivity index (χ2v) is 8.64. The zero-order valence-corrected chi connectivity index (χ0v) is 19.5. The third-order valence-electron chi connectivity index (χ3n) is 6.47. The number of nitrogens with zero attached hydrogens (tertiary/aromatic N) is 1. The maximum absolute atomic E-state index is 13.7. The highest BCUT2D eigenvalue weighted by molar-refractivity contribution is 6.46. The molecule has 1 heterocycles. The molecule has 1 aliphatic heterocycles. The van der Waals surface area contributed by atoms with Crippen molar-refractivity contribution in [1.29, 1.82) is 0 Å². The predicted octanol–water partition coefficient (Wildman–Crippen LogP) is 5.93. The number of rotatable bonds is 4. The Morgan fingerprint density at radius 1 is 0.656 bits per heavy atom. The molecule has 0 bridgehead atoms. The number of hydrogen-bond donors (Lipinski definition) is 1. The highest BCUT2D eigenvalue weighted by atomic mass is 16.2. The molecule has 4 rings (SSSR count). The molecule has 0 aliphatic carbocycles. The van der Waals surface area contributed by atoms with Gasteiger partial charge in [-0.25, -0.2) is 4.90 Å². The van der Waals surface area contributed by atoms with Crippen LogP contribution in [0, 0.1) is 41.5 Å². The molecule has 0 atom stereocenters. The Labute approximate surface area is 189 Å². The fourth-order valence-electron chi connectivity index (χ4n) is 3.97. The summed E-state index contributed by atoms with van der Waals surface area (Å²) >= 11 is 0. The van der Waals surface area contributed by atoms with Crippen molar-refractivity contribution in [3.05, 3.63) is 99.2 Å². The van der Waals surface area contributed by atoms with Crippen LogP contribution in [-0.2, 0) is 9.59 Å². The van der Waals surface area contributed by atoms with E-state index < -0.39 is 0 Å². The van der Waals surface area contributed by atoms with Gasteiger partial charge in [-0.15, -0.1) is 0 Å². The molecule has 4 nitrogen and oxygen atoms in total. The van der Waals surface area contributed by atoms with Gasteiger partial charge in [0.1, 0.15) is 5.70 Å². The van der Waals surface area contributed by atoms with Crippen molar-refractivity contribution in [3.8, 4) is 0 Å². The molecule has 0 spiro atoms. The molecule has 1 N–H and O–H groups in total. The van der Waals surface area contributed by atoms with Crippen molar-refractivity contribution < 1.29 is 9.59 Å². The molecule has 0 aromatic heterocycles. The molecule has 0 fully saturated rings. The number of aryl methyl sites for hydroxylation is 5. The van der Waals surface area contributed by atoms with Crippen LogP contribution in [0.3, 0.4) is 0 Å². The van der Waals surface area contributed by atoms with Gasteiger partial charge in [0.2, 0.25) is 0 Å². The first-order valence-electron chi connectivity index (χ1n) is 10.8. The van der Waals surface area contributed by atoms with E-state index in [1.54, 1.807) is 0 Å². The highest BCUT2D eigenvalue weighted by Gasteiger charge is 2.41. The van der Waals surface area contributed by atoms with E-state index >= 15 is 0 Å². The van der Waals surface area contributed by atoms with Crippen LogP contribution in [0.5, 0.6) is 0 Å². The van der Waals surface area contributed by atoms with Crippen LogP contribution >= 0.6 is 0 Å². The summed E-state index contributed by atoms with van der Waals surface area (Å²) in [5.41, 5.74) is 9.31. The van der Waals surface area contributed by atoms with Gasteiger partial charge >= 0.3 is 0 Å². The third-order valence-corrected chi connectivity index (χ3v) is 6.47. The molecule has 1 aliphatic rings. The Balaban J connectivity index is 1.88. The average Bonchev–Trinajstić information content (AvgIpc) is 2.99. The molecule has 32 heavy (non-hydrogen) atoms. The van der Waals surface area contributed by atoms with Crippen LogP contribution in [0.25, 0.3) is 5.57 Å². The first-order chi connectivity index (χ1) is 15.2. The minimum absolute atomic E-state index is 0.307. The molecule has 0 saturated carbocycles. The molecule has 3 aromatic carbocycles. The Morgan fingerprint density at radius 2 is 1.31 bits per heavy atom. The van der Waals surface area contributed by atoms with Crippen molar-refractivity contribution in [2.45, 2.75) is 41.5 Å². The number of amides is 2. The molecule has 0 saturated heterocycles. The van der Waals surface area contributed by atoms with Crippen molar-refractivity contribution in [3.63, 3.8) is 0 Å². The molecule has 0 radical (unpaired) electrons. The zero-order chi connectivity index (χ0) is 23.2. The third kappa shape index (κ3) is 3.62. The van der Waals surface area contributed by atoms with Gasteiger partial charge in [0.25, 0.3) is 11.8 Å². The fraction of sp³-hybridized carbons (Fsp3) is 0.214. The van der Waals surface area contributed by atoms with E-state index in [1.165, 1.54) is 10.5 Å². The maximum Gasteiger partial charge on any atom is 0.282 e. The van der Waals surface area contributed by atoms with Gasteiger partial charge in [0.15, 0.2) is 0 Å². The van der Waals surface area contributed by atoms with Gasteiger partial charge < -0.3 is 5.32 Å². The summed E-state index contributed by atoms with van der Waals surface area (Å²) in [7, 11) is 0. The van der Waals surface area contributed by atoms with E-state index in [2.05, 4.69) is 5.32 Å². The van der Waals surface area contributed by atoms with E-state index in [1.807, 2.05) is 96.1 Å². The lowest BCUT2D eigenvalue weighted by atomic mass is 9.99. The second kappa shape index (κ2) is 8.12. The van der Waals surface area contributed by atoms with E-state index in [9.17, 15) is 9.59 Å². The molecule has 4 heteroatoms. The summed E-state index contributed by atoms with van der Waals surface area (Å²) < 4.78 is 0. The van der Waals surface area contributed by atoms with Gasteiger partial charge in [0.05, 0.1) is 11.3 Å². The Hall–Kier alpha value is -3.66. The highest BCUT2D eigenvalue weighted by Crippen LogP contribution is 2.36. The molecular weight excluding hydrogens is 396 g/mol. The first-order valence-corrected chi connectivity index (χ1v) is 10.8. The zero-order valence-electron chi connectivity index (χ0n) is 19.5. The molecule has 2 amide bonds. The van der Waals surface area contributed by atoms with Crippen molar-refractivity contribution in [2.75, 3.05) is 10.2 Å². The SMILES string of the molecule is Cc1ccc(NC2=C(c3ccc(C)c(C)c3)C(=O)N(c3cccc(C)c3C)C2=O)cc1C. The summed E-state index contributed by atoms with van der Waals surface area (Å²) in [5, 5.41) is 3.27. The Bertz CT molecular complexity index is 1300. The lowest BCUT2D eigenvalue weighted by Gasteiger charge is -2.19. The largest absolute Gasteiger partial charge is 0.350 e. The van der Waals surface area contributed by atoms with Crippen LogP contribution in [0.4, 0.5) is 11.4 Å². The maximum atomic E-state index is 13.7. The first kappa shape index (κ1) is 21.6. The summed E-state index contributed by atoms with van der Waals surface area (Å²) in [6, 6.07) is 17.5. The Morgan fingerprint density at radius 3 is 1.97 bits per heavy atom. The van der Waals surface area contributed by atoms with Gasteiger partial charge in [0, 0.05) is 5.69 Å². The quantitative estimate of drug-likeness (QED) is 0.528. The summed E-state index contributed by atoms with van der Waals surface area (Å²) in [6.45, 7) is 12.0. The molecule has 0 unspecified atom stereocenters. The van der Waals surface area contributed by atoms with Crippen molar-refractivity contribution >= 4 is 28.8 Å². The van der Waals surface area contributed by atoms with E-state index in [4.69, 9.17) is 0 Å². The number of imide groups is 1. The van der Waals surface area contributed by atoms with Crippen LogP contribution in [0.2, 0.25) is 0 Å². The van der Waals surface area contributed by atoms with Gasteiger partial charge in [-0.1, -0.05) is 36.4 Å². The number of nitrogens with one attached hydrogen (secondary N) is 1. The van der Waals surface area contributed by atoms with Crippen LogP contribution < -0.4 is 10.2 Å². The van der Waals surface area contributed by atoms with Gasteiger partial charge in [-0.2, -0.15) is 0 Å². The molecule has 162 valence electrons. The Kier molecular flexibility index (Phi) is 5.47. The van der Waals surface area contributed by atoms with Gasteiger partial charge in [-0.3, -0.25) is 9.59 Å². The van der Waals surface area contributed by atoms with Crippen molar-refractivity contribution in [1.82, 2.24) is 0 Å². The topological polar surface area (TPSA) is 49.4 Å². The normalized spacial score (nSPS) is 13.9. The van der Waals surface area contributed by atoms with Crippen molar-refractivity contribution in [2.24, 2.45) is 0 Å². The fourth-order valence-corrected chi connectivity index (χ4v) is 3.97. The minimum atomic E-state index is -0.338. The van der Waals surface area contributed by atoms with Gasteiger partial charge in [-0.05, 0) is 98.7 Å². The number of carbonyl (C=O) groups excluding carboxylic acids is 2. The number of anilines is 2. The van der Waals surface area contributed by atoms with Crippen LogP contribution in [-0.4, -0.2) is 11.8 Å². The monoisotopic (exact) mass is 424 g/mol. The molecular formula is C28H28N2O2. The van der Waals surface area contributed by atoms with Crippen LogP contribution in [0.15, 0.2) is 60.3 Å². The second-order valence-electron chi connectivity index (χ2n) is 8.64. The van der Waals surface area contributed by atoms with E-state index in [0.717, 1.165) is 39.1 Å². The summed E-state index contributed by atoms with van der Waals surface area (Å²) in [4.78, 5) is 28.7. The van der Waals surface area contributed by atoms with Crippen LogP contribution in [0.1, 0.15) is 38.9 Å². The number of carbonyl (C=O) groups is 2. The summed E-state index contributed by atoms with van der Waals surface area (Å²) in [5.74, 6) is -0.645. The average molecular weight is 425 g/mol. The minimum Gasteiger partial charge on any atom is -0.350 e. The lowest BCUT2D eigenvalue weighted by molar-refractivity contribution is -0.120. The smallest absolute Gasteiger partial charge is 0.282 e. The lowest BCUT2D eigenvalue weighted by Crippen LogP contribution is -2.33. The van der Waals surface area contributed by atoms with E-state index in [-0.39, 0.29) is 11.8 Å². The van der Waals surface area contributed by atoms with E-state index in [0.29, 0.717) is 17.0 Å². The standard InChI is InChI=1S/C28H28N2O2/c1-16-10-12-22(14-19(16)4)25-26(29-23-13-11-17(2)20(5)15-23)28(32)30(27(25)31)24-9-7-8-18(3)21(24)6/h7-15,29H,1-6H3. The molecule has 3 aromatic rings. The summed E-state index contributed by atoms with van der Waals surface area (Å²) in [6.07, 6.45) is 0. The predicted molar refractivity (Wildman–Crippen MR) is 131 cm³/mol.